The highest BCUT2D eigenvalue weighted by molar-refractivity contribution is 7.90. The lowest BCUT2D eigenvalue weighted by Gasteiger charge is -2.06. The van der Waals surface area contributed by atoms with Gasteiger partial charge in [-0.05, 0) is 36.8 Å². The Morgan fingerprint density at radius 3 is 2.76 bits per heavy atom. The van der Waals surface area contributed by atoms with E-state index in [9.17, 15) is 13.2 Å². The summed E-state index contributed by atoms with van der Waals surface area (Å²) in [6.07, 6.45) is 4.67. The van der Waals surface area contributed by atoms with Crippen molar-refractivity contribution < 1.29 is 17.9 Å². The van der Waals surface area contributed by atoms with Crippen LogP contribution in [0, 0.1) is 6.92 Å². The zero-order valence-electron chi connectivity index (χ0n) is 13.6. The number of ether oxygens (including phenoxy) is 1. The third-order valence-electron chi connectivity index (χ3n) is 3.65. The van der Waals surface area contributed by atoms with Gasteiger partial charge in [-0.2, -0.15) is 0 Å². The smallest absolute Gasteiger partial charge is 0.338 e. The minimum absolute atomic E-state index is 0.0171. The number of nitrogens with zero attached hydrogens (tertiary/aromatic N) is 2. The fourth-order valence-electron chi connectivity index (χ4n) is 2.41. The molecule has 0 aliphatic heterocycles. The summed E-state index contributed by atoms with van der Waals surface area (Å²) in [5, 5.41) is 0.0647. The van der Waals surface area contributed by atoms with Gasteiger partial charge in [-0.1, -0.05) is 17.7 Å². The Morgan fingerprint density at radius 2 is 2.08 bits per heavy atom. The van der Waals surface area contributed by atoms with Gasteiger partial charge in [0.05, 0.1) is 21.2 Å². The number of fused-ring (bicyclic) bond motifs is 1. The van der Waals surface area contributed by atoms with Crippen LogP contribution in [0.1, 0.15) is 21.6 Å². The van der Waals surface area contributed by atoms with Crippen molar-refractivity contribution in [2.45, 2.75) is 18.4 Å². The van der Waals surface area contributed by atoms with Crippen molar-refractivity contribution in [1.82, 2.24) is 9.38 Å². The van der Waals surface area contributed by atoms with Crippen LogP contribution in [0.2, 0.25) is 5.02 Å². The highest BCUT2D eigenvalue weighted by Crippen LogP contribution is 2.23. The van der Waals surface area contributed by atoms with E-state index in [-0.39, 0.29) is 22.1 Å². The Balaban J connectivity index is 1.79. The van der Waals surface area contributed by atoms with Gasteiger partial charge in [0.25, 0.3) is 0 Å². The molecular weight excluding hydrogens is 364 g/mol. The molecule has 8 heteroatoms. The average Bonchev–Trinajstić information content (AvgIpc) is 2.96. The molecule has 1 aromatic carbocycles. The number of halogens is 1. The van der Waals surface area contributed by atoms with Crippen LogP contribution in [0.4, 0.5) is 0 Å². The molecule has 0 aliphatic rings. The standard InChI is InChI=1S/C17H15ClN2O4S/c1-11-4-3-7-20-9-13(19-16(11)20)10-24-17(21)12-5-6-14(18)15(8-12)25(2,22)23/h3-9H,10H2,1-2H3. The molecule has 130 valence electrons. The van der Waals surface area contributed by atoms with Gasteiger partial charge in [0.15, 0.2) is 9.84 Å². The van der Waals surface area contributed by atoms with E-state index < -0.39 is 15.8 Å². The number of benzene rings is 1. The van der Waals surface area contributed by atoms with Crippen molar-refractivity contribution in [3.8, 4) is 0 Å². The number of imidazole rings is 1. The summed E-state index contributed by atoms with van der Waals surface area (Å²) in [5.41, 5.74) is 2.51. The topological polar surface area (TPSA) is 77.7 Å². The number of carbonyl (C=O) groups is 1. The fourth-order valence-corrected chi connectivity index (χ4v) is 3.71. The van der Waals surface area contributed by atoms with Gasteiger partial charge in [0, 0.05) is 18.6 Å². The van der Waals surface area contributed by atoms with Crippen molar-refractivity contribution in [3.05, 3.63) is 64.6 Å². The second-order valence-corrected chi connectivity index (χ2v) is 8.04. The van der Waals surface area contributed by atoms with Crippen molar-refractivity contribution in [1.29, 1.82) is 0 Å². The Hall–Kier alpha value is -2.38. The molecule has 0 atom stereocenters. The molecule has 3 rings (SSSR count). The van der Waals surface area contributed by atoms with E-state index in [2.05, 4.69) is 4.98 Å². The first-order valence-electron chi connectivity index (χ1n) is 7.35. The summed E-state index contributed by atoms with van der Waals surface area (Å²) in [6, 6.07) is 7.85. The van der Waals surface area contributed by atoms with E-state index in [1.54, 1.807) is 6.20 Å². The highest BCUT2D eigenvalue weighted by atomic mass is 35.5. The molecule has 0 amide bonds. The Kier molecular flexibility index (Phi) is 4.53. The first-order chi connectivity index (χ1) is 11.8. The van der Waals surface area contributed by atoms with E-state index in [4.69, 9.17) is 16.3 Å². The molecule has 25 heavy (non-hydrogen) atoms. The zero-order chi connectivity index (χ0) is 18.2. The predicted molar refractivity (Wildman–Crippen MR) is 93.6 cm³/mol. The van der Waals surface area contributed by atoms with Gasteiger partial charge in [-0.15, -0.1) is 0 Å². The quantitative estimate of drug-likeness (QED) is 0.652. The fraction of sp³-hybridized carbons (Fsp3) is 0.176. The van der Waals surface area contributed by atoms with Crippen molar-refractivity contribution in [2.75, 3.05) is 6.26 Å². The lowest BCUT2D eigenvalue weighted by molar-refractivity contribution is 0.0468. The first-order valence-corrected chi connectivity index (χ1v) is 9.62. The SMILES string of the molecule is Cc1cccn2cc(COC(=O)c3ccc(Cl)c(S(C)(=O)=O)c3)nc12. The molecule has 0 N–H and O–H groups in total. The van der Waals surface area contributed by atoms with Crippen molar-refractivity contribution in [3.63, 3.8) is 0 Å². The Labute approximate surface area is 149 Å². The van der Waals surface area contributed by atoms with Gasteiger partial charge in [0.2, 0.25) is 0 Å². The molecule has 0 aliphatic carbocycles. The summed E-state index contributed by atoms with van der Waals surface area (Å²) in [4.78, 5) is 16.5. The zero-order valence-corrected chi connectivity index (χ0v) is 15.1. The molecule has 0 radical (unpaired) electrons. The number of sulfone groups is 1. The maximum absolute atomic E-state index is 12.2. The van der Waals surface area contributed by atoms with Gasteiger partial charge in [-0.25, -0.2) is 18.2 Å². The van der Waals surface area contributed by atoms with Gasteiger partial charge >= 0.3 is 5.97 Å². The van der Waals surface area contributed by atoms with Crippen LogP contribution >= 0.6 is 11.6 Å². The van der Waals surface area contributed by atoms with E-state index >= 15 is 0 Å². The second kappa shape index (κ2) is 6.50. The number of hydrogen-bond donors (Lipinski definition) is 0. The lowest BCUT2D eigenvalue weighted by atomic mass is 10.2. The maximum atomic E-state index is 12.2. The summed E-state index contributed by atoms with van der Waals surface area (Å²) < 4.78 is 30.5. The Bertz CT molecular complexity index is 1070. The third-order valence-corrected chi connectivity index (χ3v) is 5.22. The average molecular weight is 379 g/mol. The van der Waals surface area contributed by atoms with Crippen LogP contribution in [-0.4, -0.2) is 30.0 Å². The molecule has 0 bridgehead atoms. The number of hydrogen-bond acceptors (Lipinski definition) is 5. The van der Waals surface area contributed by atoms with Crippen molar-refractivity contribution in [2.24, 2.45) is 0 Å². The molecule has 0 spiro atoms. The van der Waals surface area contributed by atoms with E-state index in [1.165, 1.54) is 18.2 Å². The summed E-state index contributed by atoms with van der Waals surface area (Å²) in [5.74, 6) is -0.643. The van der Waals surface area contributed by atoms with Crippen LogP contribution in [0.3, 0.4) is 0 Å². The van der Waals surface area contributed by atoms with Gasteiger partial charge in [-0.3, -0.25) is 0 Å². The monoisotopic (exact) mass is 378 g/mol. The van der Waals surface area contributed by atoms with E-state index in [1.807, 2.05) is 29.7 Å². The van der Waals surface area contributed by atoms with Crippen LogP contribution in [0.15, 0.2) is 47.6 Å². The van der Waals surface area contributed by atoms with Gasteiger partial charge in [0.1, 0.15) is 12.3 Å². The summed E-state index contributed by atoms with van der Waals surface area (Å²) in [6.45, 7) is 1.93. The largest absolute Gasteiger partial charge is 0.456 e. The normalized spacial score (nSPS) is 11.6. The highest BCUT2D eigenvalue weighted by Gasteiger charge is 2.17. The van der Waals surface area contributed by atoms with Crippen LogP contribution in [0.25, 0.3) is 5.65 Å². The van der Waals surface area contributed by atoms with Gasteiger partial charge < -0.3 is 9.14 Å². The minimum Gasteiger partial charge on any atom is -0.456 e. The van der Waals surface area contributed by atoms with E-state index in [0.717, 1.165) is 17.5 Å². The molecule has 0 unspecified atom stereocenters. The van der Waals surface area contributed by atoms with Crippen LogP contribution < -0.4 is 0 Å². The second-order valence-electron chi connectivity index (χ2n) is 5.65. The summed E-state index contributed by atoms with van der Waals surface area (Å²) in [7, 11) is -3.53. The number of aryl methyl sites for hydroxylation is 1. The number of carbonyl (C=O) groups excluding carboxylic acids is 1. The first kappa shape index (κ1) is 17.4. The van der Waals surface area contributed by atoms with E-state index in [0.29, 0.717) is 5.69 Å². The Morgan fingerprint density at radius 1 is 1.32 bits per heavy atom. The molecule has 3 aromatic rings. The number of aromatic nitrogens is 2. The summed E-state index contributed by atoms with van der Waals surface area (Å²) >= 11 is 5.87. The predicted octanol–water partition coefficient (Wildman–Crippen LogP) is 3.06. The number of esters is 1. The third kappa shape index (κ3) is 3.67. The lowest BCUT2D eigenvalue weighted by Crippen LogP contribution is -2.07. The minimum atomic E-state index is -3.53. The molecule has 0 saturated carbocycles. The van der Waals surface area contributed by atoms with Crippen LogP contribution in [0.5, 0.6) is 0 Å². The number of rotatable bonds is 4. The molecule has 2 heterocycles. The van der Waals surface area contributed by atoms with Crippen molar-refractivity contribution >= 4 is 33.1 Å². The van der Waals surface area contributed by atoms with Crippen LogP contribution in [-0.2, 0) is 21.2 Å². The molecular formula is C17H15ClN2O4S. The molecule has 6 nitrogen and oxygen atoms in total. The molecule has 2 aromatic heterocycles. The number of pyridine rings is 1. The molecule has 0 fully saturated rings. The molecule has 0 saturated heterocycles. The maximum Gasteiger partial charge on any atom is 0.338 e.